The number of para-hydroxylation sites is 1. The molecule has 2 aromatic carbocycles. The zero-order chi connectivity index (χ0) is 16.1. The Labute approximate surface area is 139 Å². The monoisotopic (exact) mass is 328 g/mol. The van der Waals surface area contributed by atoms with Gasteiger partial charge in [0.1, 0.15) is 5.75 Å². The van der Waals surface area contributed by atoms with Gasteiger partial charge in [-0.15, -0.1) is 0 Å². The fourth-order valence-corrected chi connectivity index (χ4v) is 2.52. The summed E-state index contributed by atoms with van der Waals surface area (Å²) in [5.74, 6) is 0.620. The highest BCUT2D eigenvalue weighted by atomic mass is 35.5. The number of carbonyl (C=O) groups is 1. The van der Waals surface area contributed by atoms with E-state index in [1.807, 2.05) is 48.7 Å². The lowest BCUT2D eigenvalue weighted by molar-refractivity contribution is -0.116. The Balaban J connectivity index is 1.45. The number of rotatable bonds is 6. The number of benzene rings is 2. The lowest BCUT2D eigenvalue weighted by Gasteiger charge is -2.08. The lowest BCUT2D eigenvalue weighted by Crippen LogP contribution is -2.12. The van der Waals surface area contributed by atoms with Crippen molar-refractivity contribution in [1.29, 1.82) is 0 Å². The molecule has 118 valence electrons. The second kappa shape index (κ2) is 7.20. The molecule has 23 heavy (non-hydrogen) atoms. The molecule has 5 heteroatoms. The van der Waals surface area contributed by atoms with Crippen LogP contribution in [0.15, 0.2) is 54.7 Å². The van der Waals surface area contributed by atoms with Crippen molar-refractivity contribution < 1.29 is 9.53 Å². The summed E-state index contributed by atoms with van der Waals surface area (Å²) < 4.78 is 5.57. The summed E-state index contributed by atoms with van der Waals surface area (Å²) in [5.41, 5.74) is 1.85. The highest BCUT2D eigenvalue weighted by Crippen LogP contribution is 2.23. The summed E-state index contributed by atoms with van der Waals surface area (Å²) in [6.45, 7) is 0.452. The van der Waals surface area contributed by atoms with Crippen LogP contribution in [0, 0.1) is 0 Å². The van der Waals surface area contributed by atoms with Gasteiger partial charge in [-0.25, -0.2) is 0 Å². The largest absolute Gasteiger partial charge is 0.492 e. The first-order valence-electron chi connectivity index (χ1n) is 7.47. The molecule has 1 amide bonds. The molecular weight excluding hydrogens is 312 g/mol. The molecule has 0 atom stereocenters. The molecule has 1 heterocycles. The number of carbonyl (C=O) groups excluding carboxylic acids is 1. The van der Waals surface area contributed by atoms with Crippen molar-refractivity contribution in [2.24, 2.45) is 0 Å². The van der Waals surface area contributed by atoms with E-state index in [2.05, 4.69) is 10.3 Å². The molecular formula is C18H17ClN2O2. The van der Waals surface area contributed by atoms with Crippen LogP contribution >= 0.6 is 11.6 Å². The third-order valence-corrected chi connectivity index (χ3v) is 3.79. The number of amides is 1. The third-order valence-electron chi connectivity index (χ3n) is 3.48. The second-order valence-corrected chi connectivity index (χ2v) is 5.62. The van der Waals surface area contributed by atoms with E-state index in [-0.39, 0.29) is 5.91 Å². The van der Waals surface area contributed by atoms with E-state index in [9.17, 15) is 4.79 Å². The minimum Gasteiger partial charge on any atom is -0.492 e. The Bertz CT molecular complexity index is 813. The van der Waals surface area contributed by atoms with Gasteiger partial charge in [0.25, 0.3) is 0 Å². The predicted octanol–water partition coefficient (Wildman–Crippen LogP) is 4.62. The van der Waals surface area contributed by atoms with Gasteiger partial charge in [0.05, 0.1) is 11.6 Å². The van der Waals surface area contributed by atoms with Gasteiger partial charge in [0.15, 0.2) is 0 Å². The van der Waals surface area contributed by atoms with Crippen LogP contribution in [0.3, 0.4) is 0 Å². The molecule has 0 saturated heterocycles. The van der Waals surface area contributed by atoms with Gasteiger partial charge < -0.3 is 15.0 Å². The van der Waals surface area contributed by atoms with Crippen molar-refractivity contribution in [3.05, 3.63) is 59.8 Å². The fraction of sp³-hybridized carbons (Fsp3) is 0.167. The highest BCUT2D eigenvalue weighted by Gasteiger charge is 2.05. The Hall–Kier alpha value is -2.46. The zero-order valence-corrected chi connectivity index (χ0v) is 13.3. The van der Waals surface area contributed by atoms with Crippen LogP contribution in [0.4, 0.5) is 5.69 Å². The highest BCUT2D eigenvalue weighted by molar-refractivity contribution is 6.32. The Morgan fingerprint density at radius 1 is 1.17 bits per heavy atom. The van der Waals surface area contributed by atoms with Crippen molar-refractivity contribution in [3.63, 3.8) is 0 Å². The standard InChI is InChI=1S/C18H17ClN2O2/c19-15-4-1-2-5-17(15)23-11-3-6-18(22)21-14-7-8-16-13(12-14)9-10-20-16/h1-2,4-5,7-10,12,20H,3,6,11H2,(H,21,22). The number of halogens is 1. The number of hydrogen-bond donors (Lipinski definition) is 2. The molecule has 0 unspecified atom stereocenters. The molecule has 0 aliphatic rings. The maximum absolute atomic E-state index is 12.0. The summed E-state index contributed by atoms with van der Waals surface area (Å²) >= 11 is 6.00. The molecule has 0 radical (unpaired) electrons. The normalized spacial score (nSPS) is 10.7. The molecule has 0 spiro atoms. The van der Waals surface area contributed by atoms with Gasteiger partial charge in [0.2, 0.25) is 5.91 Å². The second-order valence-electron chi connectivity index (χ2n) is 5.21. The topological polar surface area (TPSA) is 54.1 Å². The fourth-order valence-electron chi connectivity index (χ4n) is 2.33. The molecule has 0 bridgehead atoms. The average Bonchev–Trinajstić information content (AvgIpc) is 3.01. The average molecular weight is 329 g/mol. The summed E-state index contributed by atoms with van der Waals surface area (Å²) in [7, 11) is 0. The van der Waals surface area contributed by atoms with Crippen molar-refractivity contribution in [2.45, 2.75) is 12.8 Å². The van der Waals surface area contributed by atoms with Crippen LogP contribution in [0.25, 0.3) is 10.9 Å². The van der Waals surface area contributed by atoms with E-state index in [4.69, 9.17) is 16.3 Å². The van der Waals surface area contributed by atoms with E-state index >= 15 is 0 Å². The summed E-state index contributed by atoms with van der Waals surface area (Å²) in [4.78, 5) is 15.1. The van der Waals surface area contributed by atoms with Crippen molar-refractivity contribution in [3.8, 4) is 5.75 Å². The molecule has 1 aromatic heterocycles. The van der Waals surface area contributed by atoms with E-state index in [0.29, 0.717) is 30.2 Å². The number of anilines is 1. The first-order chi connectivity index (χ1) is 11.2. The van der Waals surface area contributed by atoms with Gasteiger partial charge in [0, 0.05) is 29.2 Å². The molecule has 3 rings (SSSR count). The van der Waals surface area contributed by atoms with Crippen molar-refractivity contribution in [1.82, 2.24) is 4.98 Å². The Morgan fingerprint density at radius 3 is 2.91 bits per heavy atom. The van der Waals surface area contributed by atoms with Gasteiger partial charge in [-0.3, -0.25) is 4.79 Å². The number of H-pyrrole nitrogens is 1. The summed E-state index contributed by atoms with van der Waals surface area (Å²) in [6.07, 6.45) is 2.90. The maximum Gasteiger partial charge on any atom is 0.224 e. The van der Waals surface area contributed by atoms with Crippen LogP contribution in [-0.4, -0.2) is 17.5 Å². The lowest BCUT2D eigenvalue weighted by atomic mass is 10.2. The van der Waals surface area contributed by atoms with Crippen molar-refractivity contribution in [2.75, 3.05) is 11.9 Å². The summed E-state index contributed by atoms with van der Waals surface area (Å²) in [6, 6.07) is 15.1. The molecule has 3 aromatic rings. The van der Waals surface area contributed by atoms with Crippen LogP contribution in [0.2, 0.25) is 5.02 Å². The molecule has 4 nitrogen and oxygen atoms in total. The molecule has 0 aliphatic carbocycles. The van der Waals surface area contributed by atoms with Gasteiger partial charge in [-0.1, -0.05) is 23.7 Å². The number of ether oxygens (including phenoxy) is 1. The number of fused-ring (bicyclic) bond motifs is 1. The quantitative estimate of drug-likeness (QED) is 0.649. The first kappa shape index (κ1) is 15.4. The predicted molar refractivity (Wildman–Crippen MR) is 93.1 cm³/mol. The van der Waals surface area contributed by atoms with E-state index in [0.717, 1.165) is 16.6 Å². The van der Waals surface area contributed by atoms with E-state index in [1.54, 1.807) is 6.07 Å². The minimum absolute atomic E-state index is 0.0253. The van der Waals surface area contributed by atoms with E-state index in [1.165, 1.54) is 0 Å². The Morgan fingerprint density at radius 2 is 2.04 bits per heavy atom. The van der Waals surface area contributed by atoms with Gasteiger partial charge in [-0.05, 0) is 42.8 Å². The molecule has 2 N–H and O–H groups in total. The van der Waals surface area contributed by atoms with Crippen LogP contribution in [0.1, 0.15) is 12.8 Å². The first-order valence-corrected chi connectivity index (χ1v) is 7.84. The SMILES string of the molecule is O=C(CCCOc1ccccc1Cl)Nc1ccc2[nH]ccc2c1. The number of nitrogens with one attached hydrogen (secondary N) is 2. The van der Waals surface area contributed by atoms with Crippen molar-refractivity contribution >= 4 is 34.1 Å². The summed E-state index contributed by atoms with van der Waals surface area (Å²) in [5, 5.41) is 4.55. The number of aromatic amines is 1. The smallest absolute Gasteiger partial charge is 0.224 e. The zero-order valence-electron chi connectivity index (χ0n) is 12.5. The van der Waals surface area contributed by atoms with Crippen LogP contribution < -0.4 is 10.1 Å². The third kappa shape index (κ3) is 4.05. The van der Waals surface area contributed by atoms with Crippen LogP contribution in [-0.2, 0) is 4.79 Å². The van der Waals surface area contributed by atoms with Crippen LogP contribution in [0.5, 0.6) is 5.75 Å². The number of aromatic nitrogens is 1. The Kier molecular flexibility index (Phi) is 4.83. The minimum atomic E-state index is -0.0253. The maximum atomic E-state index is 12.0. The van der Waals surface area contributed by atoms with E-state index < -0.39 is 0 Å². The molecule has 0 fully saturated rings. The molecule has 0 aliphatic heterocycles. The molecule has 0 saturated carbocycles. The van der Waals surface area contributed by atoms with Gasteiger partial charge in [-0.2, -0.15) is 0 Å². The number of hydrogen-bond acceptors (Lipinski definition) is 2. The van der Waals surface area contributed by atoms with Gasteiger partial charge >= 0.3 is 0 Å².